The molecule has 0 spiro atoms. The van der Waals surface area contributed by atoms with Gasteiger partial charge in [0.05, 0.1) is 10.4 Å². The summed E-state index contributed by atoms with van der Waals surface area (Å²) < 4.78 is 0.861. The molecule has 4 heteroatoms. The van der Waals surface area contributed by atoms with Crippen molar-refractivity contribution in [3.05, 3.63) is 21.3 Å². The van der Waals surface area contributed by atoms with Crippen LogP contribution in [-0.2, 0) is 0 Å². The van der Waals surface area contributed by atoms with Gasteiger partial charge >= 0.3 is 0 Å². The second kappa shape index (κ2) is 6.38. The van der Waals surface area contributed by atoms with Gasteiger partial charge in [-0.05, 0) is 44.4 Å². The maximum Gasteiger partial charge on any atom is 0.0931 e. The fourth-order valence-electron chi connectivity index (χ4n) is 3.02. The van der Waals surface area contributed by atoms with Crippen LogP contribution >= 0.6 is 22.9 Å². The lowest BCUT2D eigenvalue weighted by molar-refractivity contribution is 0.213. The molecule has 18 heavy (non-hydrogen) atoms. The van der Waals surface area contributed by atoms with Crippen molar-refractivity contribution in [2.75, 3.05) is 13.1 Å². The van der Waals surface area contributed by atoms with E-state index in [2.05, 4.69) is 24.8 Å². The fraction of sp³-hybridized carbons (Fsp3) is 0.714. The van der Waals surface area contributed by atoms with Crippen LogP contribution in [-0.4, -0.2) is 24.0 Å². The standard InChI is InChI=1S/C14H23ClN2S/c1-3-4-11-7-8-17(9-11)14(10(2)16)12-5-6-13(15)18-12/h5-6,10-11,14H,3-4,7-9,16H2,1-2H3. The summed E-state index contributed by atoms with van der Waals surface area (Å²) >= 11 is 7.72. The molecule has 0 aromatic carbocycles. The summed E-state index contributed by atoms with van der Waals surface area (Å²) in [4.78, 5) is 3.86. The van der Waals surface area contributed by atoms with Crippen LogP contribution < -0.4 is 5.73 Å². The highest BCUT2D eigenvalue weighted by Gasteiger charge is 2.31. The van der Waals surface area contributed by atoms with E-state index in [1.807, 2.05) is 6.07 Å². The molecule has 0 radical (unpaired) electrons. The molecular weight excluding hydrogens is 264 g/mol. The zero-order valence-corrected chi connectivity index (χ0v) is 12.8. The lowest BCUT2D eigenvalue weighted by Gasteiger charge is -2.30. The third-order valence-corrected chi connectivity index (χ3v) is 5.09. The highest BCUT2D eigenvalue weighted by molar-refractivity contribution is 7.16. The van der Waals surface area contributed by atoms with Crippen molar-refractivity contribution in [2.24, 2.45) is 11.7 Å². The minimum absolute atomic E-state index is 0.153. The quantitative estimate of drug-likeness (QED) is 0.889. The van der Waals surface area contributed by atoms with E-state index in [9.17, 15) is 0 Å². The Balaban J connectivity index is 2.07. The van der Waals surface area contributed by atoms with E-state index in [0.717, 1.165) is 10.3 Å². The Morgan fingerprint density at radius 2 is 2.33 bits per heavy atom. The Hall–Kier alpha value is -0.0900. The average Bonchev–Trinajstić information content (AvgIpc) is 2.90. The molecule has 2 rings (SSSR count). The lowest BCUT2D eigenvalue weighted by Crippen LogP contribution is -2.37. The normalized spacial score (nSPS) is 24.3. The number of hydrogen-bond acceptors (Lipinski definition) is 3. The van der Waals surface area contributed by atoms with Crippen molar-refractivity contribution >= 4 is 22.9 Å². The Morgan fingerprint density at radius 3 is 2.89 bits per heavy atom. The molecule has 1 aliphatic heterocycles. The number of hydrogen-bond donors (Lipinski definition) is 1. The first-order valence-electron chi connectivity index (χ1n) is 6.86. The number of thiophene rings is 1. The van der Waals surface area contributed by atoms with Crippen LogP contribution in [0.4, 0.5) is 0 Å². The van der Waals surface area contributed by atoms with E-state index >= 15 is 0 Å². The van der Waals surface area contributed by atoms with E-state index in [4.69, 9.17) is 17.3 Å². The molecule has 2 N–H and O–H groups in total. The van der Waals surface area contributed by atoms with Gasteiger partial charge in [-0.1, -0.05) is 24.9 Å². The minimum atomic E-state index is 0.153. The summed E-state index contributed by atoms with van der Waals surface area (Å²) in [5, 5.41) is 0. The maximum absolute atomic E-state index is 6.20. The summed E-state index contributed by atoms with van der Waals surface area (Å²) in [6.45, 7) is 6.73. The molecule has 2 nitrogen and oxygen atoms in total. The van der Waals surface area contributed by atoms with Gasteiger partial charge in [-0.15, -0.1) is 11.3 Å². The van der Waals surface area contributed by atoms with Crippen molar-refractivity contribution < 1.29 is 0 Å². The second-order valence-corrected chi connectivity index (χ2v) is 7.13. The van der Waals surface area contributed by atoms with Crippen LogP contribution in [0, 0.1) is 5.92 Å². The molecule has 1 fully saturated rings. The molecule has 1 saturated heterocycles. The fourth-order valence-corrected chi connectivity index (χ4v) is 4.33. The van der Waals surface area contributed by atoms with Gasteiger partial charge in [0.2, 0.25) is 0 Å². The molecule has 0 aliphatic carbocycles. The van der Waals surface area contributed by atoms with Crippen LogP contribution in [0.25, 0.3) is 0 Å². The van der Waals surface area contributed by atoms with Gasteiger partial charge in [0.1, 0.15) is 0 Å². The van der Waals surface area contributed by atoms with Crippen LogP contribution in [0.3, 0.4) is 0 Å². The largest absolute Gasteiger partial charge is 0.326 e. The molecule has 0 saturated carbocycles. The molecule has 3 unspecified atom stereocenters. The third kappa shape index (κ3) is 3.27. The van der Waals surface area contributed by atoms with Crippen LogP contribution in [0.2, 0.25) is 4.34 Å². The first-order chi connectivity index (χ1) is 8.61. The predicted molar refractivity (Wildman–Crippen MR) is 80.3 cm³/mol. The van der Waals surface area contributed by atoms with Gasteiger partial charge < -0.3 is 5.73 Å². The van der Waals surface area contributed by atoms with E-state index < -0.39 is 0 Å². The van der Waals surface area contributed by atoms with E-state index in [-0.39, 0.29) is 6.04 Å². The first-order valence-corrected chi connectivity index (χ1v) is 8.06. The Labute approximate surface area is 119 Å². The number of nitrogens with zero attached hydrogens (tertiary/aromatic N) is 1. The van der Waals surface area contributed by atoms with Gasteiger partial charge in [0.15, 0.2) is 0 Å². The Kier molecular flexibility index (Phi) is 5.07. The Bertz CT molecular complexity index is 378. The van der Waals surface area contributed by atoms with Crippen molar-refractivity contribution in [1.29, 1.82) is 0 Å². The number of likely N-dealkylation sites (tertiary alicyclic amines) is 1. The maximum atomic E-state index is 6.20. The average molecular weight is 287 g/mol. The first kappa shape index (κ1) is 14.3. The van der Waals surface area contributed by atoms with E-state index in [1.165, 1.54) is 37.2 Å². The molecule has 3 atom stereocenters. The van der Waals surface area contributed by atoms with Gasteiger partial charge in [-0.2, -0.15) is 0 Å². The molecular formula is C14H23ClN2S. The van der Waals surface area contributed by atoms with E-state index in [0.29, 0.717) is 6.04 Å². The molecule has 2 heterocycles. The molecule has 0 amide bonds. The molecule has 1 aromatic heterocycles. The molecule has 1 aromatic rings. The topological polar surface area (TPSA) is 29.3 Å². The number of halogens is 1. The van der Waals surface area contributed by atoms with Gasteiger partial charge in [-0.25, -0.2) is 0 Å². The Morgan fingerprint density at radius 1 is 1.56 bits per heavy atom. The van der Waals surface area contributed by atoms with Gasteiger partial charge in [0.25, 0.3) is 0 Å². The molecule has 0 bridgehead atoms. The summed E-state index contributed by atoms with van der Waals surface area (Å²) in [6.07, 6.45) is 3.94. The van der Waals surface area contributed by atoms with Gasteiger partial charge in [-0.3, -0.25) is 4.90 Å². The molecule has 1 aliphatic rings. The van der Waals surface area contributed by atoms with Gasteiger partial charge in [0, 0.05) is 17.5 Å². The molecule has 102 valence electrons. The lowest BCUT2D eigenvalue weighted by atomic mass is 10.0. The van der Waals surface area contributed by atoms with E-state index in [1.54, 1.807) is 11.3 Å². The summed E-state index contributed by atoms with van der Waals surface area (Å²) in [5.41, 5.74) is 6.20. The van der Waals surface area contributed by atoms with Crippen molar-refractivity contribution in [2.45, 2.75) is 45.2 Å². The zero-order valence-electron chi connectivity index (χ0n) is 11.2. The SMILES string of the molecule is CCCC1CCN(C(c2ccc(Cl)s2)C(C)N)C1. The van der Waals surface area contributed by atoms with Crippen LogP contribution in [0.5, 0.6) is 0 Å². The van der Waals surface area contributed by atoms with Crippen molar-refractivity contribution in [1.82, 2.24) is 4.90 Å². The highest BCUT2D eigenvalue weighted by atomic mass is 35.5. The summed E-state index contributed by atoms with van der Waals surface area (Å²) in [6, 6.07) is 4.61. The van der Waals surface area contributed by atoms with Crippen molar-refractivity contribution in [3.8, 4) is 0 Å². The third-order valence-electron chi connectivity index (χ3n) is 3.79. The minimum Gasteiger partial charge on any atom is -0.326 e. The van der Waals surface area contributed by atoms with Crippen LogP contribution in [0.15, 0.2) is 12.1 Å². The number of nitrogens with two attached hydrogens (primary N) is 1. The summed E-state index contributed by atoms with van der Waals surface area (Å²) in [5.74, 6) is 0.853. The van der Waals surface area contributed by atoms with Crippen molar-refractivity contribution in [3.63, 3.8) is 0 Å². The highest BCUT2D eigenvalue weighted by Crippen LogP contribution is 2.35. The smallest absolute Gasteiger partial charge is 0.0931 e. The predicted octanol–water partition coefficient (Wildman–Crippen LogP) is 3.91. The second-order valence-electron chi connectivity index (χ2n) is 5.38. The van der Waals surface area contributed by atoms with Crippen LogP contribution in [0.1, 0.15) is 44.0 Å². The zero-order chi connectivity index (χ0) is 13.1. The number of rotatable bonds is 5. The summed E-state index contributed by atoms with van der Waals surface area (Å²) in [7, 11) is 0. The monoisotopic (exact) mass is 286 g/mol.